The normalized spacial score (nSPS) is 22.0. The number of nitrogens with zero attached hydrogens (tertiary/aromatic N) is 2. The van der Waals surface area contributed by atoms with Gasteiger partial charge in [0.2, 0.25) is 15.9 Å². The number of benzene rings is 2. The van der Waals surface area contributed by atoms with E-state index in [9.17, 15) is 22.8 Å². The highest BCUT2D eigenvalue weighted by Crippen LogP contribution is 2.35. The van der Waals surface area contributed by atoms with Gasteiger partial charge in [-0.3, -0.25) is 9.59 Å². The van der Waals surface area contributed by atoms with E-state index in [0.717, 1.165) is 9.87 Å². The smallest absolute Gasteiger partial charge is 0.345 e. The van der Waals surface area contributed by atoms with E-state index in [1.165, 1.54) is 11.8 Å². The number of nitrogens with one attached hydrogen (secondary N) is 1. The van der Waals surface area contributed by atoms with Gasteiger partial charge >= 0.3 is 5.97 Å². The summed E-state index contributed by atoms with van der Waals surface area (Å²) in [4.78, 5) is 39.2. The zero-order valence-electron chi connectivity index (χ0n) is 18.5. The summed E-state index contributed by atoms with van der Waals surface area (Å²) < 4.78 is 37.1. The van der Waals surface area contributed by atoms with Gasteiger partial charge < -0.3 is 19.7 Å². The third kappa shape index (κ3) is 4.75. The molecule has 34 heavy (non-hydrogen) atoms. The van der Waals surface area contributed by atoms with Crippen molar-refractivity contribution in [3.63, 3.8) is 0 Å². The van der Waals surface area contributed by atoms with Gasteiger partial charge in [-0.2, -0.15) is 4.31 Å². The second-order valence-corrected chi connectivity index (χ2v) is 10.1. The quantitative estimate of drug-likeness (QED) is 0.404. The van der Waals surface area contributed by atoms with E-state index in [-0.39, 0.29) is 25.5 Å². The van der Waals surface area contributed by atoms with Gasteiger partial charge in [0.25, 0.3) is 5.91 Å². The van der Waals surface area contributed by atoms with Gasteiger partial charge in [-0.15, -0.1) is 0 Å². The summed E-state index contributed by atoms with van der Waals surface area (Å²) in [5, 5.41) is 2.59. The first-order valence-corrected chi connectivity index (χ1v) is 12.4. The van der Waals surface area contributed by atoms with Crippen LogP contribution in [0.4, 0.5) is 0 Å². The number of sulfonamides is 1. The lowest BCUT2D eigenvalue weighted by Crippen LogP contribution is -2.71. The number of hydrogen-bond donors (Lipinski definition) is 1. The predicted molar refractivity (Wildman–Crippen MR) is 121 cm³/mol. The molecule has 2 heterocycles. The number of ether oxygens (including phenoxy) is 2. The van der Waals surface area contributed by atoms with E-state index >= 15 is 0 Å². The zero-order valence-corrected chi connectivity index (χ0v) is 19.3. The third-order valence-electron chi connectivity index (χ3n) is 5.75. The van der Waals surface area contributed by atoms with Crippen LogP contribution >= 0.6 is 0 Å². The zero-order chi connectivity index (χ0) is 24.3. The number of para-hydroxylation sites is 1. The minimum Gasteiger partial charge on any atom is -0.484 e. The molecule has 1 N–H and O–H groups in total. The van der Waals surface area contributed by atoms with E-state index in [4.69, 9.17) is 9.47 Å². The Morgan fingerprint density at radius 2 is 1.71 bits per heavy atom. The van der Waals surface area contributed by atoms with Crippen molar-refractivity contribution in [2.75, 3.05) is 18.9 Å². The van der Waals surface area contributed by atoms with Crippen LogP contribution in [0, 0.1) is 0 Å². The van der Waals surface area contributed by atoms with Gasteiger partial charge in [0, 0.05) is 6.54 Å². The molecule has 2 unspecified atom stereocenters. The molecule has 2 saturated heterocycles. The topological polar surface area (TPSA) is 122 Å². The van der Waals surface area contributed by atoms with Crippen molar-refractivity contribution in [1.29, 1.82) is 0 Å². The Kier molecular flexibility index (Phi) is 6.85. The highest BCUT2D eigenvalue weighted by atomic mass is 32.2. The first kappa shape index (κ1) is 23.7. The second kappa shape index (κ2) is 9.82. The van der Waals surface area contributed by atoms with E-state index in [1.54, 1.807) is 48.5 Å². The first-order valence-electron chi connectivity index (χ1n) is 10.8. The molecule has 4 rings (SSSR count). The molecule has 2 aromatic rings. The van der Waals surface area contributed by atoms with Crippen molar-refractivity contribution < 1.29 is 32.3 Å². The summed E-state index contributed by atoms with van der Waals surface area (Å²) in [7, 11) is -3.82. The maximum absolute atomic E-state index is 12.9. The van der Waals surface area contributed by atoms with E-state index in [1.807, 2.05) is 12.1 Å². The van der Waals surface area contributed by atoms with Gasteiger partial charge in [-0.05, 0) is 24.6 Å². The van der Waals surface area contributed by atoms with Crippen molar-refractivity contribution >= 4 is 27.8 Å². The fourth-order valence-electron chi connectivity index (χ4n) is 3.99. The molecule has 2 amide bonds. The molecule has 0 radical (unpaired) electrons. The van der Waals surface area contributed by atoms with Gasteiger partial charge in [0.05, 0.1) is 11.8 Å². The molecule has 2 fully saturated rings. The van der Waals surface area contributed by atoms with Crippen LogP contribution in [0.3, 0.4) is 0 Å². The van der Waals surface area contributed by atoms with E-state index in [0.29, 0.717) is 5.75 Å². The standard InChI is InChI=1S/C23H25N3O7S/c1-2-34(30,31)25-13-18-20(24-19(27)15-32-17-11-7-4-8-12-17)22(28)26(18)21(25)23(29)33-14-16-9-5-3-6-10-16/h3-12,18,20-21H,2,13-15H2,1H3,(H,24,27)/t18?,20-,21?/m1/s1. The SMILES string of the molecule is CCS(=O)(=O)N1CC2[C@@H](NC(=O)COc3ccccc3)C(=O)N2C1C(=O)OCc1ccccc1. The number of rotatable bonds is 9. The number of carbonyl (C=O) groups excluding carboxylic acids is 3. The van der Waals surface area contributed by atoms with Crippen LogP contribution in [0.15, 0.2) is 60.7 Å². The molecule has 2 aliphatic heterocycles. The van der Waals surface area contributed by atoms with Crippen LogP contribution in [0.5, 0.6) is 5.75 Å². The highest BCUT2D eigenvalue weighted by molar-refractivity contribution is 7.89. The molecule has 11 heteroatoms. The first-order chi connectivity index (χ1) is 16.3. The Labute approximate surface area is 197 Å². The number of β-lactam (4-membered cyclic amide) rings is 1. The molecule has 2 aromatic carbocycles. The minimum absolute atomic E-state index is 0.0557. The Bertz CT molecular complexity index is 1160. The Morgan fingerprint density at radius 3 is 2.35 bits per heavy atom. The van der Waals surface area contributed by atoms with Crippen LogP contribution in [-0.2, 0) is 35.8 Å². The van der Waals surface area contributed by atoms with Crippen molar-refractivity contribution in [3.8, 4) is 5.75 Å². The summed E-state index contributed by atoms with van der Waals surface area (Å²) in [6.07, 6.45) is -1.40. The predicted octanol–water partition coefficient (Wildman–Crippen LogP) is 0.496. The van der Waals surface area contributed by atoms with Crippen molar-refractivity contribution in [2.24, 2.45) is 0 Å². The van der Waals surface area contributed by atoms with E-state index in [2.05, 4.69) is 5.32 Å². The molecular formula is C23H25N3O7S. The number of hydrogen-bond acceptors (Lipinski definition) is 7. The molecule has 3 atom stereocenters. The lowest BCUT2D eigenvalue weighted by molar-refractivity contribution is -0.167. The van der Waals surface area contributed by atoms with Gasteiger partial charge in [-0.25, -0.2) is 13.2 Å². The largest absolute Gasteiger partial charge is 0.484 e. The lowest BCUT2D eigenvalue weighted by atomic mass is 9.96. The Hall–Kier alpha value is -3.44. The minimum atomic E-state index is -3.82. The molecule has 10 nitrogen and oxygen atoms in total. The molecule has 0 saturated carbocycles. The highest BCUT2D eigenvalue weighted by Gasteiger charge is 2.62. The number of esters is 1. The van der Waals surface area contributed by atoms with Crippen molar-refractivity contribution in [3.05, 3.63) is 66.2 Å². The molecule has 0 aromatic heterocycles. The summed E-state index contributed by atoms with van der Waals surface area (Å²) in [6.45, 7) is 0.983. The maximum atomic E-state index is 12.9. The lowest BCUT2D eigenvalue weighted by Gasteiger charge is -2.43. The second-order valence-electron chi connectivity index (χ2n) is 7.90. The summed E-state index contributed by atoms with van der Waals surface area (Å²) in [6, 6.07) is 16.0. The third-order valence-corrected chi connectivity index (χ3v) is 7.55. The number of amides is 2. The Balaban J connectivity index is 1.43. The van der Waals surface area contributed by atoms with Crippen LogP contribution in [0.2, 0.25) is 0 Å². The molecular weight excluding hydrogens is 462 g/mol. The Morgan fingerprint density at radius 1 is 1.06 bits per heavy atom. The fourth-order valence-corrected chi connectivity index (χ4v) is 5.19. The molecule has 2 aliphatic rings. The van der Waals surface area contributed by atoms with E-state index < -0.39 is 46.1 Å². The van der Waals surface area contributed by atoms with Crippen LogP contribution < -0.4 is 10.1 Å². The average Bonchev–Trinajstić information content (AvgIpc) is 3.23. The van der Waals surface area contributed by atoms with Crippen molar-refractivity contribution in [2.45, 2.75) is 31.8 Å². The van der Waals surface area contributed by atoms with Crippen molar-refractivity contribution in [1.82, 2.24) is 14.5 Å². The van der Waals surface area contributed by atoms with Crippen LogP contribution in [0.1, 0.15) is 12.5 Å². The fraction of sp³-hybridized carbons (Fsp3) is 0.348. The number of fused-ring (bicyclic) bond motifs is 1. The van der Waals surface area contributed by atoms with Gasteiger partial charge in [-0.1, -0.05) is 48.5 Å². The van der Waals surface area contributed by atoms with Gasteiger partial charge in [0.1, 0.15) is 18.4 Å². The van der Waals surface area contributed by atoms with Crippen LogP contribution in [-0.4, -0.2) is 72.6 Å². The maximum Gasteiger partial charge on any atom is 0.345 e. The molecule has 0 spiro atoms. The van der Waals surface area contributed by atoms with Crippen LogP contribution in [0.25, 0.3) is 0 Å². The number of carbonyl (C=O) groups is 3. The average molecular weight is 488 g/mol. The summed E-state index contributed by atoms with van der Waals surface area (Å²) in [5.41, 5.74) is 0.730. The molecule has 0 aliphatic carbocycles. The molecule has 0 bridgehead atoms. The summed E-state index contributed by atoms with van der Waals surface area (Å²) in [5.74, 6) is -1.66. The summed E-state index contributed by atoms with van der Waals surface area (Å²) >= 11 is 0. The molecule has 180 valence electrons. The monoisotopic (exact) mass is 487 g/mol. The van der Waals surface area contributed by atoms with Gasteiger partial charge in [0.15, 0.2) is 12.8 Å².